The van der Waals surface area contributed by atoms with Crippen LogP contribution in [0.25, 0.3) is 0 Å². The second-order valence-electron chi connectivity index (χ2n) is 3.27. The highest BCUT2D eigenvalue weighted by molar-refractivity contribution is 5.73. The van der Waals surface area contributed by atoms with Crippen molar-refractivity contribution in [3.63, 3.8) is 0 Å². The SMILES string of the molecule is Cc1cc(CC(N)C(=O)O)ccc1O. The molecule has 0 bridgehead atoms. The van der Waals surface area contributed by atoms with Gasteiger partial charge in [-0.15, -0.1) is 0 Å². The fourth-order valence-corrected chi connectivity index (χ4v) is 1.19. The lowest BCUT2D eigenvalue weighted by atomic mass is 10.0. The minimum Gasteiger partial charge on any atom is -0.508 e. The number of carboxylic acid groups (broad SMARTS) is 1. The molecule has 1 rings (SSSR count). The minimum atomic E-state index is -1.02. The number of aryl methyl sites for hydroxylation is 1. The minimum absolute atomic E-state index is 0.206. The molecule has 14 heavy (non-hydrogen) atoms. The number of phenolic OH excluding ortho intramolecular Hbond substituents is 1. The molecule has 1 unspecified atom stereocenters. The second kappa shape index (κ2) is 4.11. The zero-order chi connectivity index (χ0) is 10.7. The molecule has 0 aliphatic heterocycles. The van der Waals surface area contributed by atoms with Gasteiger partial charge in [-0.2, -0.15) is 0 Å². The molecule has 0 aromatic heterocycles. The van der Waals surface area contributed by atoms with Crippen molar-refractivity contribution in [3.05, 3.63) is 29.3 Å². The van der Waals surface area contributed by atoms with E-state index in [4.69, 9.17) is 10.8 Å². The standard InChI is InChI=1S/C10H13NO3/c1-6-4-7(2-3-9(6)12)5-8(11)10(13)14/h2-4,8,12H,5,11H2,1H3,(H,13,14). The summed E-state index contributed by atoms with van der Waals surface area (Å²) >= 11 is 0. The first kappa shape index (κ1) is 10.5. The maximum atomic E-state index is 10.5. The summed E-state index contributed by atoms with van der Waals surface area (Å²) in [7, 11) is 0. The fourth-order valence-electron chi connectivity index (χ4n) is 1.19. The predicted molar refractivity (Wildman–Crippen MR) is 52.2 cm³/mol. The molecular formula is C10H13NO3. The lowest BCUT2D eigenvalue weighted by molar-refractivity contribution is -0.138. The van der Waals surface area contributed by atoms with Crippen LogP contribution in [0.4, 0.5) is 0 Å². The molecule has 0 saturated carbocycles. The highest BCUT2D eigenvalue weighted by Crippen LogP contribution is 2.17. The van der Waals surface area contributed by atoms with Gasteiger partial charge in [0.2, 0.25) is 0 Å². The Bertz CT molecular complexity index is 349. The predicted octanol–water partition coefficient (Wildman–Crippen LogP) is 0.655. The van der Waals surface area contributed by atoms with Gasteiger partial charge in [-0.25, -0.2) is 0 Å². The Kier molecular flexibility index (Phi) is 3.09. The average Bonchev–Trinajstić information content (AvgIpc) is 2.11. The number of hydrogen-bond acceptors (Lipinski definition) is 3. The number of benzene rings is 1. The van der Waals surface area contributed by atoms with Crippen LogP contribution in [-0.2, 0) is 11.2 Å². The normalized spacial score (nSPS) is 12.4. The first-order valence-corrected chi connectivity index (χ1v) is 4.27. The molecule has 4 N–H and O–H groups in total. The van der Waals surface area contributed by atoms with E-state index in [9.17, 15) is 9.90 Å². The topological polar surface area (TPSA) is 83.6 Å². The quantitative estimate of drug-likeness (QED) is 0.661. The third-order valence-electron chi connectivity index (χ3n) is 2.03. The van der Waals surface area contributed by atoms with E-state index in [1.807, 2.05) is 0 Å². The Labute approximate surface area is 82.0 Å². The van der Waals surface area contributed by atoms with Crippen molar-refractivity contribution < 1.29 is 15.0 Å². The Morgan fingerprint density at radius 3 is 2.71 bits per heavy atom. The van der Waals surface area contributed by atoms with E-state index in [0.29, 0.717) is 0 Å². The molecule has 1 atom stereocenters. The van der Waals surface area contributed by atoms with Gasteiger partial charge < -0.3 is 15.9 Å². The van der Waals surface area contributed by atoms with Crippen LogP contribution in [0.5, 0.6) is 5.75 Å². The second-order valence-corrected chi connectivity index (χ2v) is 3.27. The highest BCUT2D eigenvalue weighted by atomic mass is 16.4. The zero-order valence-corrected chi connectivity index (χ0v) is 7.90. The van der Waals surface area contributed by atoms with Gasteiger partial charge in [0.1, 0.15) is 11.8 Å². The molecule has 0 aliphatic rings. The van der Waals surface area contributed by atoms with Gasteiger partial charge in [0.05, 0.1) is 0 Å². The summed E-state index contributed by atoms with van der Waals surface area (Å²) in [5, 5.41) is 17.8. The molecule has 1 aromatic rings. The van der Waals surface area contributed by atoms with Gasteiger partial charge in [-0.05, 0) is 30.5 Å². The molecule has 0 spiro atoms. The first-order valence-electron chi connectivity index (χ1n) is 4.27. The van der Waals surface area contributed by atoms with Crippen LogP contribution < -0.4 is 5.73 Å². The van der Waals surface area contributed by atoms with Crippen molar-refractivity contribution in [1.29, 1.82) is 0 Å². The largest absolute Gasteiger partial charge is 0.508 e. The highest BCUT2D eigenvalue weighted by Gasteiger charge is 2.12. The van der Waals surface area contributed by atoms with Gasteiger partial charge in [0.15, 0.2) is 0 Å². The summed E-state index contributed by atoms with van der Waals surface area (Å²) < 4.78 is 0. The summed E-state index contributed by atoms with van der Waals surface area (Å²) in [5.41, 5.74) is 6.91. The summed E-state index contributed by atoms with van der Waals surface area (Å²) in [6.45, 7) is 1.76. The van der Waals surface area contributed by atoms with Gasteiger partial charge in [0.25, 0.3) is 0 Å². The third kappa shape index (κ3) is 2.47. The lowest BCUT2D eigenvalue weighted by Gasteiger charge is -2.07. The molecule has 0 amide bonds. The molecule has 0 radical (unpaired) electrons. The molecule has 0 fully saturated rings. The van der Waals surface area contributed by atoms with Gasteiger partial charge in [0, 0.05) is 0 Å². The van der Waals surface area contributed by atoms with Crippen LogP contribution in [0.3, 0.4) is 0 Å². The van der Waals surface area contributed by atoms with E-state index in [0.717, 1.165) is 11.1 Å². The fraction of sp³-hybridized carbons (Fsp3) is 0.300. The van der Waals surface area contributed by atoms with E-state index < -0.39 is 12.0 Å². The third-order valence-corrected chi connectivity index (χ3v) is 2.03. The molecule has 1 aromatic carbocycles. The van der Waals surface area contributed by atoms with Gasteiger partial charge in [-0.1, -0.05) is 12.1 Å². The zero-order valence-electron chi connectivity index (χ0n) is 7.90. The molecule has 0 aliphatic carbocycles. The van der Waals surface area contributed by atoms with Crippen molar-refractivity contribution in [2.24, 2.45) is 5.73 Å². The summed E-state index contributed by atoms with van der Waals surface area (Å²) in [4.78, 5) is 10.5. The number of carbonyl (C=O) groups is 1. The number of carboxylic acids is 1. The Hall–Kier alpha value is -1.55. The summed E-state index contributed by atoms with van der Waals surface area (Å²) in [5.74, 6) is -0.812. The Balaban J connectivity index is 2.78. The van der Waals surface area contributed by atoms with Crippen molar-refractivity contribution in [3.8, 4) is 5.75 Å². The number of rotatable bonds is 3. The lowest BCUT2D eigenvalue weighted by Crippen LogP contribution is -2.32. The van der Waals surface area contributed by atoms with Crippen LogP contribution in [0.15, 0.2) is 18.2 Å². The number of phenols is 1. The van der Waals surface area contributed by atoms with Crippen LogP contribution in [0, 0.1) is 6.92 Å². The average molecular weight is 195 g/mol. The molecule has 4 nitrogen and oxygen atoms in total. The van der Waals surface area contributed by atoms with Crippen molar-refractivity contribution >= 4 is 5.97 Å². The van der Waals surface area contributed by atoms with E-state index in [1.54, 1.807) is 25.1 Å². The number of aromatic hydroxyl groups is 1. The molecule has 0 saturated heterocycles. The van der Waals surface area contributed by atoms with Crippen LogP contribution in [-0.4, -0.2) is 22.2 Å². The number of nitrogens with two attached hydrogens (primary N) is 1. The summed E-state index contributed by atoms with van der Waals surface area (Å²) in [6, 6.07) is 4.06. The van der Waals surface area contributed by atoms with E-state index in [1.165, 1.54) is 0 Å². The molecule has 76 valence electrons. The molecule has 0 heterocycles. The maximum absolute atomic E-state index is 10.5. The molecular weight excluding hydrogens is 182 g/mol. The Morgan fingerprint density at radius 1 is 1.57 bits per heavy atom. The van der Waals surface area contributed by atoms with Crippen molar-refractivity contribution in [2.45, 2.75) is 19.4 Å². The van der Waals surface area contributed by atoms with Crippen molar-refractivity contribution in [2.75, 3.05) is 0 Å². The van der Waals surface area contributed by atoms with Crippen LogP contribution in [0.2, 0.25) is 0 Å². The van der Waals surface area contributed by atoms with E-state index in [2.05, 4.69) is 0 Å². The smallest absolute Gasteiger partial charge is 0.320 e. The van der Waals surface area contributed by atoms with E-state index >= 15 is 0 Å². The van der Waals surface area contributed by atoms with Gasteiger partial charge in [-0.3, -0.25) is 4.79 Å². The molecule has 4 heteroatoms. The monoisotopic (exact) mass is 195 g/mol. The number of aliphatic carboxylic acids is 1. The van der Waals surface area contributed by atoms with Crippen LogP contribution >= 0.6 is 0 Å². The Morgan fingerprint density at radius 2 is 2.21 bits per heavy atom. The number of hydrogen-bond donors (Lipinski definition) is 3. The summed E-state index contributed by atoms with van der Waals surface area (Å²) in [6.07, 6.45) is 0.274. The van der Waals surface area contributed by atoms with E-state index in [-0.39, 0.29) is 12.2 Å². The maximum Gasteiger partial charge on any atom is 0.320 e. The van der Waals surface area contributed by atoms with Gasteiger partial charge >= 0.3 is 5.97 Å². The van der Waals surface area contributed by atoms with Crippen molar-refractivity contribution in [1.82, 2.24) is 0 Å². The first-order chi connectivity index (χ1) is 6.50. The van der Waals surface area contributed by atoms with Crippen LogP contribution in [0.1, 0.15) is 11.1 Å².